The van der Waals surface area contributed by atoms with Gasteiger partial charge in [-0.1, -0.05) is 108 Å². The number of carbonyl (C=O) groups excluding carboxylic acids is 1. The number of amides is 1. The van der Waals surface area contributed by atoms with Crippen LogP contribution >= 0.6 is 0 Å². The van der Waals surface area contributed by atoms with Crippen molar-refractivity contribution in [2.24, 2.45) is 0 Å². The molecule has 1 amide bonds. The number of carbonyl (C=O) groups is 1. The molecule has 1 fully saturated rings. The first kappa shape index (κ1) is 28.9. The normalized spacial score (nSPS) is 16.7. The molecular weight excluding hydrogens is 421 g/mol. The van der Waals surface area contributed by atoms with E-state index < -0.39 is 0 Å². The molecule has 1 N–H and O–H groups in total. The average molecular weight is 472 g/mol. The summed E-state index contributed by atoms with van der Waals surface area (Å²) in [4.78, 5) is 12.2. The van der Waals surface area contributed by atoms with Crippen LogP contribution in [0.25, 0.3) is 0 Å². The highest BCUT2D eigenvalue weighted by atomic mass is 16.7. The monoisotopic (exact) mass is 471 g/mol. The molecule has 0 aliphatic carbocycles. The Balaban J connectivity index is 1.49. The highest BCUT2D eigenvalue weighted by Gasteiger charge is 2.51. The fourth-order valence-corrected chi connectivity index (χ4v) is 4.36. The van der Waals surface area contributed by atoms with Gasteiger partial charge in [-0.2, -0.15) is 0 Å². The van der Waals surface area contributed by atoms with Gasteiger partial charge in [-0.25, -0.2) is 0 Å². The SMILES string of the molecule is CCCCCCCCCCCCCCCC(=O)NCc1ccc(B2OC(C)(C)C(C)(C)O2)cc1. The van der Waals surface area contributed by atoms with E-state index in [1.54, 1.807) is 0 Å². The Hall–Kier alpha value is -1.33. The molecule has 5 heteroatoms. The summed E-state index contributed by atoms with van der Waals surface area (Å²) in [6.07, 6.45) is 17.9. The van der Waals surface area contributed by atoms with Gasteiger partial charge in [0.25, 0.3) is 0 Å². The van der Waals surface area contributed by atoms with E-state index in [-0.39, 0.29) is 24.2 Å². The molecule has 192 valence electrons. The molecule has 0 spiro atoms. The first-order valence-electron chi connectivity index (χ1n) is 14.0. The zero-order valence-corrected chi connectivity index (χ0v) is 22.7. The van der Waals surface area contributed by atoms with E-state index in [4.69, 9.17) is 9.31 Å². The van der Waals surface area contributed by atoms with Gasteiger partial charge in [0, 0.05) is 13.0 Å². The standard InChI is InChI=1S/C29H50BNO3/c1-6-7-8-9-10-11-12-13-14-15-16-17-18-19-27(32)31-24-25-20-22-26(23-21-25)30-33-28(2,3)29(4,5)34-30/h20-23H,6-19,24H2,1-5H3,(H,31,32). The fourth-order valence-electron chi connectivity index (χ4n) is 4.36. The Morgan fingerprint density at radius 3 is 1.65 bits per heavy atom. The second kappa shape index (κ2) is 14.9. The number of benzene rings is 1. The maximum absolute atomic E-state index is 12.2. The molecule has 4 nitrogen and oxygen atoms in total. The number of nitrogens with one attached hydrogen (secondary N) is 1. The minimum absolute atomic E-state index is 0.151. The zero-order valence-electron chi connectivity index (χ0n) is 22.7. The van der Waals surface area contributed by atoms with Crippen molar-refractivity contribution in [3.63, 3.8) is 0 Å². The van der Waals surface area contributed by atoms with Crippen molar-refractivity contribution in [3.8, 4) is 0 Å². The molecule has 34 heavy (non-hydrogen) atoms. The molecule has 2 rings (SSSR count). The maximum Gasteiger partial charge on any atom is 0.494 e. The van der Waals surface area contributed by atoms with Gasteiger partial charge in [-0.05, 0) is 45.1 Å². The zero-order chi connectivity index (χ0) is 24.9. The number of unbranched alkanes of at least 4 members (excludes halogenated alkanes) is 12. The van der Waals surface area contributed by atoms with Crippen molar-refractivity contribution in [3.05, 3.63) is 29.8 Å². The van der Waals surface area contributed by atoms with E-state index in [0.717, 1.165) is 23.9 Å². The van der Waals surface area contributed by atoms with Gasteiger partial charge in [-0.15, -0.1) is 0 Å². The molecule has 0 bridgehead atoms. The Labute approximate surface area is 210 Å². The lowest BCUT2D eigenvalue weighted by Gasteiger charge is -2.32. The smallest absolute Gasteiger partial charge is 0.399 e. The predicted molar refractivity (Wildman–Crippen MR) is 144 cm³/mol. The quantitative estimate of drug-likeness (QED) is 0.195. The third-order valence-corrected chi connectivity index (χ3v) is 7.50. The summed E-state index contributed by atoms with van der Waals surface area (Å²) < 4.78 is 12.2. The van der Waals surface area contributed by atoms with Crippen molar-refractivity contribution in [2.45, 2.75) is 142 Å². The van der Waals surface area contributed by atoms with Gasteiger partial charge in [0.05, 0.1) is 11.2 Å². The van der Waals surface area contributed by atoms with E-state index in [1.807, 2.05) is 24.3 Å². The number of hydrogen-bond donors (Lipinski definition) is 1. The van der Waals surface area contributed by atoms with Crippen LogP contribution in [-0.2, 0) is 20.6 Å². The predicted octanol–water partition coefficient (Wildman–Crippen LogP) is 7.08. The van der Waals surface area contributed by atoms with Gasteiger partial charge in [0.15, 0.2) is 0 Å². The molecule has 0 radical (unpaired) electrons. The van der Waals surface area contributed by atoms with Crippen LogP contribution in [0.2, 0.25) is 0 Å². The topological polar surface area (TPSA) is 47.6 Å². The fraction of sp³-hybridized carbons (Fsp3) is 0.759. The highest BCUT2D eigenvalue weighted by Crippen LogP contribution is 2.36. The van der Waals surface area contributed by atoms with E-state index >= 15 is 0 Å². The van der Waals surface area contributed by atoms with E-state index in [2.05, 4.69) is 39.9 Å². The Kier molecular flexibility index (Phi) is 12.7. The van der Waals surface area contributed by atoms with E-state index in [1.165, 1.54) is 70.6 Å². The lowest BCUT2D eigenvalue weighted by Crippen LogP contribution is -2.41. The second-order valence-electron chi connectivity index (χ2n) is 11.1. The van der Waals surface area contributed by atoms with Crippen LogP contribution in [0.4, 0.5) is 0 Å². The van der Waals surface area contributed by atoms with Crippen LogP contribution in [0, 0.1) is 0 Å². The molecule has 1 heterocycles. The summed E-state index contributed by atoms with van der Waals surface area (Å²) in [6, 6.07) is 8.17. The van der Waals surface area contributed by atoms with Gasteiger partial charge >= 0.3 is 7.12 Å². The summed E-state index contributed by atoms with van der Waals surface area (Å²) in [5.41, 5.74) is 1.44. The minimum Gasteiger partial charge on any atom is -0.399 e. The summed E-state index contributed by atoms with van der Waals surface area (Å²) in [7, 11) is -0.343. The summed E-state index contributed by atoms with van der Waals surface area (Å²) in [6.45, 7) is 11.1. The van der Waals surface area contributed by atoms with Crippen LogP contribution in [0.3, 0.4) is 0 Å². The van der Waals surface area contributed by atoms with Crippen LogP contribution < -0.4 is 10.8 Å². The number of hydrogen-bond acceptors (Lipinski definition) is 3. The Bertz CT molecular complexity index is 686. The molecule has 1 aliphatic heterocycles. The van der Waals surface area contributed by atoms with Crippen molar-refractivity contribution >= 4 is 18.5 Å². The number of rotatable bonds is 17. The lowest BCUT2D eigenvalue weighted by atomic mass is 9.79. The molecule has 0 atom stereocenters. The van der Waals surface area contributed by atoms with Crippen LogP contribution in [0.15, 0.2) is 24.3 Å². The molecule has 0 saturated carbocycles. The van der Waals surface area contributed by atoms with Crippen molar-refractivity contribution in [1.29, 1.82) is 0 Å². The van der Waals surface area contributed by atoms with Crippen molar-refractivity contribution in [2.75, 3.05) is 0 Å². The Morgan fingerprint density at radius 2 is 1.18 bits per heavy atom. The molecule has 1 aromatic rings. The van der Waals surface area contributed by atoms with E-state index in [0.29, 0.717) is 13.0 Å². The third-order valence-electron chi connectivity index (χ3n) is 7.50. The molecular formula is C29H50BNO3. The molecule has 1 aliphatic rings. The average Bonchev–Trinajstić information content (AvgIpc) is 3.02. The van der Waals surface area contributed by atoms with Crippen LogP contribution in [-0.4, -0.2) is 24.2 Å². The van der Waals surface area contributed by atoms with Crippen LogP contribution in [0.1, 0.15) is 130 Å². The van der Waals surface area contributed by atoms with Crippen molar-refractivity contribution in [1.82, 2.24) is 5.32 Å². The molecule has 1 saturated heterocycles. The maximum atomic E-state index is 12.2. The van der Waals surface area contributed by atoms with Crippen molar-refractivity contribution < 1.29 is 14.1 Å². The van der Waals surface area contributed by atoms with E-state index in [9.17, 15) is 4.79 Å². The second-order valence-corrected chi connectivity index (χ2v) is 11.1. The van der Waals surface area contributed by atoms with Gasteiger partial charge in [-0.3, -0.25) is 4.79 Å². The summed E-state index contributed by atoms with van der Waals surface area (Å²) >= 11 is 0. The summed E-state index contributed by atoms with van der Waals surface area (Å²) in [5.74, 6) is 0.151. The highest BCUT2D eigenvalue weighted by molar-refractivity contribution is 6.62. The van der Waals surface area contributed by atoms with Gasteiger partial charge < -0.3 is 14.6 Å². The third kappa shape index (κ3) is 10.1. The first-order valence-corrected chi connectivity index (χ1v) is 14.0. The molecule has 0 unspecified atom stereocenters. The first-order chi connectivity index (χ1) is 16.2. The summed E-state index contributed by atoms with van der Waals surface area (Å²) in [5, 5.41) is 3.06. The van der Waals surface area contributed by atoms with Gasteiger partial charge in [0.1, 0.15) is 0 Å². The van der Waals surface area contributed by atoms with Gasteiger partial charge in [0.2, 0.25) is 5.91 Å². The molecule has 1 aromatic carbocycles. The largest absolute Gasteiger partial charge is 0.494 e. The van der Waals surface area contributed by atoms with Crippen LogP contribution in [0.5, 0.6) is 0 Å². The lowest BCUT2D eigenvalue weighted by molar-refractivity contribution is -0.121. The Morgan fingerprint density at radius 1 is 0.735 bits per heavy atom. The minimum atomic E-state index is -0.343. The molecule has 0 aromatic heterocycles.